The van der Waals surface area contributed by atoms with Crippen LogP contribution in [0.4, 0.5) is 0 Å². The molecular weight excluding hydrogens is 302 g/mol. The lowest BCUT2D eigenvalue weighted by atomic mass is 10.0. The second-order valence-corrected chi connectivity index (χ2v) is 6.59. The number of amides is 1. The molecule has 0 saturated heterocycles. The fourth-order valence-electron chi connectivity index (χ4n) is 2.66. The van der Waals surface area contributed by atoms with E-state index in [1.165, 1.54) is 25.7 Å². The number of carbonyl (C=O) groups excluding carboxylic acids is 1. The van der Waals surface area contributed by atoms with E-state index in [0.717, 1.165) is 51.4 Å². The number of hydrogen-bond acceptors (Lipinski definition) is 3. The van der Waals surface area contributed by atoms with Gasteiger partial charge in [0.25, 0.3) is 0 Å². The molecule has 1 atom stereocenters. The van der Waals surface area contributed by atoms with Gasteiger partial charge in [-0.1, -0.05) is 64.0 Å². The summed E-state index contributed by atoms with van der Waals surface area (Å²) in [5.74, 6) is 0.0370. The zero-order chi connectivity index (χ0) is 17.9. The van der Waals surface area contributed by atoms with Crippen molar-refractivity contribution in [1.29, 1.82) is 0 Å². The van der Waals surface area contributed by atoms with Gasteiger partial charge in [-0.3, -0.25) is 4.79 Å². The van der Waals surface area contributed by atoms with E-state index in [0.29, 0.717) is 13.0 Å². The summed E-state index contributed by atoms with van der Waals surface area (Å²) >= 11 is 0. The van der Waals surface area contributed by atoms with Gasteiger partial charge in [-0.25, -0.2) is 0 Å². The largest absolute Gasteiger partial charge is 0.395 e. The fraction of sp³-hybridized carbons (Fsp3) is 0.850. The van der Waals surface area contributed by atoms with Crippen LogP contribution in [-0.4, -0.2) is 35.4 Å². The van der Waals surface area contributed by atoms with Crippen molar-refractivity contribution in [2.45, 2.75) is 96.5 Å². The Morgan fingerprint density at radius 3 is 2.42 bits per heavy atom. The van der Waals surface area contributed by atoms with E-state index in [1.54, 1.807) is 0 Å². The lowest BCUT2D eigenvalue weighted by Gasteiger charge is -2.07. The third-order valence-electron chi connectivity index (χ3n) is 4.17. The van der Waals surface area contributed by atoms with E-state index in [4.69, 9.17) is 5.11 Å². The maximum atomic E-state index is 11.3. The number of rotatable bonds is 17. The average molecular weight is 342 g/mol. The lowest BCUT2D eigenvalue weighted by molar-refractivity contribution is -0.121. The van der Waals surface area contributed by atoms with E-state index in [-0.39, 0.29) is 18.6 Å². The van der Waals surface area contributed by atoms with E-state index in [1.807, 2.05) is 0 Å². The smallest absolute Gasteiger partial charge is 0.220 e. The minimum Gasteiger partial charge on any atom is -0.395 e. The summed E-state index contributed by atoms with van der Waals surface area (Å²) in [6.07, 6.45) is 17.9. The molecule has 0 aliphatic carbocycles. The van der Waals surface area contributed by atoms with Crippen molar-refractivity contribution in [2.24, 2.45) is 0 Å². The van der Waals surface area contributed by atoms with Gasteiger partial charge in [0.15, 0.2) is 0 Å². The van der Waals surface area contributed by atoms with Crippen LogP contribution in [0.2, 0.25) is 0 Å². The Balaban J connectivity index is 3.30. The molecule has 0 aliphatic rings. The molecule has 3 N–H and O–H groups in total. The summed E-state index contributed by atoms with van der Waals surface area (Å²) in [6, 6.07) is 0. The Morgan fingerprint density at radius 2 is 1.71 bits per heavy atom. The van der Waals surface area contributed by atoms with Gasteiger partial charge in [0, 0.05) is 13.0 Å². The minimum absolute atomic E-state index is 0.00619. The van der Waals surface area contributed by atoms with Crippen LogP contribution in [0.3, 0.4) is 0 Å². The van der Waals surface area contributed by atoms with Crippen molar-refractivity contribution in [3.8, 4) is 0 Å². The molecule has 1 amide bonds. The molecule has 0 saturated carbocycles. The average Bonchev–Trinajstić information content (AvgIpc) is 2.58. The van der Waals surface area contributed by atoms with Gasteiger partial charge >= 0.3 is 0 Å². The van der Waals surface area contributed by atoms with Crippen LogP contribution in [-0.2, 0) is 4.79 Å². The van der Waals surface area contributed by atoms with E-state index in [2.05, 4.69) is 24.4 Å². The van der Waals surface area contributed by atoms with Gasteiger partial charge in [0.2, 0.25) is 5.91 Å². The number of unbranched alkanes of at least 4 members (excludes halogenated alkanes) is 8. The predicted molar refractivity (Wildman–Crippen MR) is 101 cm³/mol. The predicted octanol–water partition coefficient (Wildman–Crippen LogP) is 4.10. The number of aliphatic hydroxyl groups excluding tert-OH is 2. The van der Waals surface area contributed by atoms with E-state index < -0.39 is 0 Å². The summed E-state index contributed by atoms with van der Waals surface area (Å²) in [7, 11) is 0. The molecule has 0 fully saturated rings. The van der Waals surface area contributed by atoms with Gasteiger partial charge in [-0.2, -0.15) is 0 Å². The maximum absolute atomic E-state index is 11.3. The first kappa shape index (κ1) is 23.1. The molecule has 0 radical (unpaired) electrons. The van der Waals surface area contributed by atoms with Crippen LogP contribution in [0.15, 0.2) is 12.2 Å². The summed E-state index contributed by atoms with van der Waals surface area (Å²) < 4.78 is 0. The standard InChI is InChI=1S/C20H39NO3/c1-2-3-4-5-8-11-14-19(23)15-12-9-6-7-10-13-16-20(24)21-17-18-22/h8,11,19,22-23H,2-7,9-10,12-18H2,1H3,(H,21,24)/b11-8-/t19-/m0/s1. The van der Waals surface area contributed by atoms with Crippen molar-refractivity contribution in [3.63, 3.8) is 0 Å². The Morgan fingerprint density at radius 1 is 1.00 bits per heavy atom. The first-order valence-corrected chi connectivity index (χ1v) is 9.91. The molecule has 0 unspecified atom stereocenters. The van der Waals surface area contributed by atoms with Crippen LogP contribution < -0.4 is 5.32 Å². The van der Waals surface area contributed by atoms with Crippen LogP contribution in [0.25, 0.3) is 0 Å². The molecule has 4 heteroatoms. The number of allylic oxidation sites excluding steroid dienone is 1. The number of nitrogens with one attached hydrogen (secondary N) is 1. The SMILES string of the molecule is CCCCC/C=C\C[C@H](O)CCCCCCCCC(=O)NCCO. The summed E-state index contributed by atoms with van der Waals surface area (Å²) in [4.78, 5) is 11.3. The monoisotopic (exact) mass is 341 g/mol. The van der Waals surface area contributed by atoms with Gasteiger partial charge in [-0.15, -0.1) is 0 Å². The molecule has 0 heterocycles. The highest BCUT2D eigenvalue weighted by atomic mass is 16.3. The first-order chi connectivity index (χ1) is 11.7. The highest BCUT2D eigenvalue weighted by Gasteiger charge is 2.02. The molecule has 24 heavy (non-hydrogen) atoms. The second kappa shape index (κ2) is 18.5. The summed E-state index contributed by atoms with van der Waals surface area (Å²) in [6.45, 7) is 2.57. The zero-order valence-electron chi connectivity index (χ0n) is 15.6. The normalized spacial score (nSPS) is 12.6. The molecular formula is C20H39NO3. The third-order valence-corrected chi connectivity index (χ3v) is 4.17. The zero-order valence-corrected chi connectivity index (χ0v) is 15.6. The second-order valence-electron chi connectivity index (χ2n) is 6.59. The lowest BCUT2D eigenvalue weighted by Crippen LogP contribution is -2.25. The molecule has 142 valence electrons. The Bertz CT molecular complexity index is 305. The fourth-order valence-corrected chi connectivity index (χ4v) is 2.66. The molecule has 4 nitrogen and oxygen atoms in total. The van der Waals surface area contributed by atoms with E-state index in [9.17, 15) is 9.90 Å². The van der Waals surface area contributed by atoms with Crippen LogP contribution >= 0.6 is 0 Å². The minimum atomic E-state index is -0.192. The maximum Gasteiger partial charge on any atom is 0.220 e. The molecule has 0 rings (SSSR count). The van der Waals surface area contributed by atoms with Gasteiger partial charge in [-0.05, 0) is 32.1 Å². The number of aliphatic hydroxyl groups is 2. The van der Waals surface area contributed by atoms with Crippen molar-refractivity contribution < 1.29 is 15.0 Å². The molecule has 0 spiro atoms. The molecule has 0 aromatic heterocycles. The van der Waals surface area contributed by atoms with Gasteiger partial charge < -0.3 is 15.5 Å². The molecule has 0 aromatic rings. The van der Waals surface area contributed by atoms with Crippen LogP contribution in [0.5, 0.6) is 0 Å². The topological polar surface area (TPSA) is 69.6 Å². The summed E-state index contributed by atoms with van der Waals surface area (Å²) in [5.41, 5.74) is 0. The third kappa shape index (κ3) is 17.5. The van der Waals surface area contributed by atoms with Gasteiger partial charge in [0.05, 0.1) is 12.7 Å². The highest BCUT2D eigenvalue weighted by Crippen LogP contribution is 2.11. The molecule has 0 aliphatic heterocycles. The summed E-state index contributed by atoms with van der Waals surface area (Å²) in [5, 5.41) is 21.2. The van der Waals surface area contributed by atoms with E-state index >= 15 is 0 Å². The Kier molecular flexibility index (Phi) is 17.8. The molecule has 0 aromatic carbocycles. The quantitative estimate of drug-likeness (QED) is 0.275. The number of carbonyl (C=O) groups is 1. The highest BCUT2D eigenvalue weighted by molar-refractivity contribution is 5.75. The van der Waals surface area contributed by atoms with Crippen molar-refractivity contribution in [1.82, 2.24) is 5.32 Å². The van der Waals surface area contributed by atoms with Crippen molar-refractivity contribution in [3.05, 3.63) is 12.2 Å². The van der Waals surface area contributed by atoms with Crippen LogP contribution in [0.1, 0.15) is 90.4 Å². The van der Waals surface area contributed by atoms with Crippen molar-refractivity contribution >= 4 is 5.91 Å². The first-order valence-electron chi connectivity index (χ1n) is 9.91. The number of hydrogen-bond donors (Lipinski definition) is 3. The van der Waals surface area contributed by atoms with Gasteiger partial charge in [0.1, 0.15) is 0 Å². The molecule has 0 bridgehead atoms. The Hall–Kier alpha value is -0.870. The van der Waals surface area contributed by atoms with Crippen LogP contribution in [0, 0.1) is 0 Å². The van der Waals surface area contributed by atoms with Crippen molar-refractivity contribution in [2.75, 3.05) is 13.2 Å². The Labute approximate surface area is 148 Å².